The average Bonchev–Trinajstić information content (AvgIpc) is 1.88. The summed E-state index contributed by atoms with van der Waals surface area (Å²) in [4.78, 5) is 0. The topological polar surface area (TPSA) is 0 Å². The molecular weight excluding hydrogens is 230 g/mol. The van der Waals surface area contributed by atoms with Crippen molar-refractivity contribution < 1.29 is 17.6 Å². The van der Waals surface area contributed by atoms with Crippen molar-refractivity contribution >= 4 is 34.8 Å². The smallest absolute Gasteiger partial charge is 0.229 e. The molecule has 0 aliphatic rings. The normalized spacial score (nSPS) is 13.4. The van der Waals surface area contributed by atoms with Crippen molar-refractivity contribution in [3.8, 4) is 0 Å². The molecular formula is C4H5Cl3F4. The van der Waals surface area contributed by atoms with Crippen molar-refractivity contribution in [1.82, 2.24) is 0 Å². The summed E-state index contributed by atoms with van der Waals surface area (Å²) in [5.74, 6) is -1.38. The molecule has 0 aromatic heterocycles. The number of alkyl halides is 7. The van der Waals surface area contributed by atoms with Gasteiger partial charge in [-0.15, -0.1) is 23.2 Å². The molecule has 0 aliphatic heterocycles. The highest BCUT2D eigenvalue weighted by atomic mass is 35.5. The molecule has 0 radical (unpaired) electrons. The third kappa shape index (κ3) is 25.0. The third-order valence-corrected chi connectivity index (χ3v) is 1.15. The van der Waals surface area contributed by atoms with Crippen molar-refractivity contribution in [2.24, 2.45) is 0 Å². The van der Waals surface area contributed by atoms with Gasteiger partial charge in [0.2, 0.25) is 0 Å². The number of hydrogen-bond acceptors (Lipinski definition) is 0. The molecule has 0 aromatic carbocycles. The van der Waals surface area contributed by atoms with Crippen LogP contribution in [0.25, 0.3) is 0 Å². The zero-order valence-corrected chi connectivity index (χ0v) is 7.41. The molecule has 0 N–H and O–H groups in total. The molecule has 0 aromatic rings. The SMILES string of the molecule is FC(Cl)CCl.FC(F)(F)CCl. The van der Waals surface area contributed by atoms with E-state index in [1.165, 1.54) is 0 Å². The molecule has 0 nitrogen and oxygen atoms in total. The van der Waals surface area contributed by atoms with E-state index in [1.807, 2.05) is 0 Å². The Labute approximate surface area is 76.4 Å². The molecule has 0 amide bonds. The van der Waals surface area contributed by atoms with Crippen LogP contribution >= 0.6 is 34.8 Å². The van der Waals surface area contributed by atoms with Gasteiger partial charge < -0.3 is 0 Å². The summed E-state index contributed by atoms with van der Waals surface area (Å²) in [6.07, 6.45) is -4.19. The first-order chi connectivity index (χ1) is 4.83. The molecule has 0 spiro atoms. The Kier molecular flexibility index (Phi) is 9.32. The molecule has 0 fully saturated rings. The monoisotopic (exact) mass is 234 g/mol. The second-order valence-electron chi connectivity index (χ2n) is 1.29. The van der Waals surface area contributed by atoms with E-state index in [0.717, 1.165) is 0 Å². The Morgan fingerprint density at radius 2 is 1.36 bits per heavy atom. The first-order valence-corrected chi connectivity index (χ1v) is 3.81. The zero-order valence-electron chi connectivity index (χ0n) is 5.14. The Morgan fingerprint density at radius 1 is 1.18 bits per heavy atom. The van der Waals surface area contributed by atoms with E-state index < -0.39 is 17.7 Å². The van der Waals surface area contributed by atoms with Gasteiger partial charge in [-0.3, -0.25) is 0 Å². The zero-order chi connectivity index (χ0) is 9.49. The van der Waals surface area contributed by atoms with Gasteiger partial charge in [0.25, 0.3) is 0 Å². The maximum absolute atomic E-state index is 11.1. The van der Waals surface area contributed by atoms with Crippen molar-refractivity contribution in [2.45, 2.75) is 11.8 Å². The van der Waals surface area contributed by atoms with Crippen LogP contribution in [0, 0.1) is 0 Å². The first kappa shape index (κ1) is 14.1. The Bertz CT molecular complexity index is 81.9. The summed E-state index contributed by atoms with van der Waals surface area (Å²) >= 11 is 13.8. The van der Waals surface area contributed by atoms with Crippen molar-refractivity contribution in [2.75, 3.05) is 11.8 Å². The Morgan fingerprint density at radius 3 is 1.36 bits per heavy atom. The molecule has 11 heavy (non-hydrogen) atoms. The minimum absolute atomic E-state index is 0.123. The summed E-state index contributed by atoms with van der Waals surface area (Å²) in [6.45, 7) is 0. The molecule has 7 heteroatoms. The van der Waals surface area contributed by atoms with Crippen LogP contribution in [0.15, 0.2) is 0 Å². The fourth-order valence-corrected chi connectivity index (χ4v) is 0. The quantitative estimate of drug-likeness (QED) is 0.482. The lowest BCUT2D eigenvalue weighted by Gasteiger charge is -1.94. The van der Waals surface area contributed by atoms with Gasteiger partial charge in [-0.1, -0.05) is 11.6 Å². The lowest BCUT2D eigenvalue weighted by molar-refractivity contribution is -0.106. The van der Waals surface area contributed by atoms with E-state index in [-0.39, 0.29) is 5.88 Å². The Hall–Kier alpha value is 0.590. The van der Waals surface area contributed by atoms with Crippen LogP contribution in [0.5, 0.6) is 0 Å². The van der Waals surface area contributed by atoms with Gasteiger partial charge in [0.15, 0.2) is 5.63 Å². The lowest BCUT2D eigenvalue weighted by atomic mass is 10.8. The third-order valence-electron chi connectivity index (χ3n) is 0.268. The summed E-state index contributed by atoms with van der Waals surface area (Å²) in [7, 11) is 0. The van der Waals surface area contributed by atoms with Crippen LogP contribution in [0.2, 0.25) is 0 Å². The van der Waals surface area contributed by atoms with Gasteiger partial charge in [-0.25, -0.2) is 4.39 Å². The van der Waals surface area contributed by atoms with E-state index in [9.17, 15) is 17.6 Å². The Balaban J connectivity index is 0. The van der Waals surface area contributed by atoms with Crippen LogP contribution in [0.3, 0.4) is 0 Å². The number of halogens is 7. The number of hydrogen-bond donors (Lipinski definition) is 0. The van der Waals surface area contributed by atoms with Crippen LogP contribution in [0.4, 0.5) is 17.6 Å². The molecule has 0 heterocycles. The summed E-state index contributed by atoms with van der Waals surface area (Å²) in [5, 5.41) is 0. The predicted octanol–water partition coefficient (Wildman–Crippen LogP) is 3.55. The van der Waals surface area contributed by atoms with Gasteiger partial charge in [0.1, 0.15) is 5.88 Å². The van der Waals surface area contributed by atoms with Crippen LogP contribution in [-0.2, 0) is 0 Å². The van der Waals surface area contributed by atoms with E-state index in [2.05, 4.69) is 23.2 Å². The van der Waals surface area contributed by atoms with Crippen molar-refractivity contribution in [1.29, 1.82) is 0 Å². The summed E-state index contributed by atoms with van der Waals surface area (Å²) in [6, 6.07) is 0. The molecule has 0 saturated carbocycles. The molecule has 1 atom stereocenters. The van der Waals surface area contributed by atoms with Gasteiger partial charge in [-0.05, 0) is 0 Å². The maximum Gasteiger partial charge on any atom is 0.402 e. The first-order valence-electron chi connectivity index (χ1n) is 2.30. The summed E-state index contributed by atoms with van der Waals surface area (Å²) < 4.78 is 43.0. The van der Waals surface area contributed by atoms with E-state index >= 15 is 0 Å². The largest absolute Gasteiger partial charge is 0.402 e. The van der Waals surface area contributed by atoms with Gasteiger partial charge >= 0.3 is 6.18 Å². The maximum atomic E-state index is 11.1. The van der Waals surface area contributed by atoms with Gasteiger partial charge in [0.05, 0.1) is 5.88 Å². The van der Waals surface area contributed by atoms with Crippen LogP contribution in [-0.4, -0.2) is 23.6 Å². The minimum atomic E-state index is -4.19. The summed E-state index contributed by atoms with van der Waals surface area (Å²) in [5.41, 5.74) is -1.38. The van der Waals surface area contributed by atoms with Crippen LogP contribution < -0.4 is 0 Å². The van der Waals surface area contributed by atoms with E-state index in [0.29, 0.717) is 0 Å². The van der Waals surface area contributed by atoms with Crippen molar-refractivity contribution in [3.05, 3.63) is 0 Å². The molecule has 0 aliphatic carbocycles. The highest BCUT2D eigenvalue weighted by Gasteiger charge is 2.24. The van der Waals surface area contributed by atoms with Crippen molar-refractivity contribution in [3.63, 3.8) is 0 Å². The molecule has 0 rings (SSSR count). The van der Waals surface area contributed by atoms with Gasteiger partial charge in [-0.2, -0.15) is 13.2 Å². The molecule has 70 valence electrons. The fourth-order valence-electron chi connectivity index (χ4n) is 0. The highest BCUT2D eigenvalue weighted by molar-refractivity contribution is 6.27. The standard InChI is InChI=1S/C2H3Cl2F.C2H2ClF3/c3-1-2(4)5;3-1-2(4,5)6/h2H,1H2;1H2. The lowest BCUT2D eigenvalue weighted by Crippen LogP contribution is -2.07. The number of rotatable bonds is 1. The fraction of sp³-hybridized carbons (Fsp3) is 1.00. The van der Waals surface area contributed by atoms with Gasteiger partial charge in [0, 0.05) is 0 Å². The highest BCUT2D eigenvalue weighted by Crippen LogP contribution is 2.14. The van der Waals surface area contributed by atoms with E-state index in [1.54, 1.807) is 0 Å². The predicted molar refractivity (Wildman–Crippen MR) is 38.2 cm³/mol. The minimum Gasteiger partial charge on any atom is -0.229 e. The second-order valence-corrected chi connectivity index (χ2v) is 2.34. The average molecular weight is 235 g/mol. The van der Waals surface area contributed by atoms with E-state index in [4.69, 9.17) is 11.6 Å². The molecule has 0 saturated heterocycles. The second kappa shape index (κ2) is 7.25. The molecule has 0 bridgehead atoms. The molecule has 1 unspecified atom stereocenters. The van der Waals surface area contributed by atoms with Crippen LogP contribution in [0.1, 0.15) is 0 Å².